The van der Waals surface area contributed by atoms with Crippen LogP contribution in [0.3, 0.4) is 0 Å². The van der Waals surface area contributed by atoms with Gasteiger partial charge in [0.05, 0.1) is 17.3 Å². The number of hydrogen-bond acceptors (Lipinski definition) is 3. The van der Waals surface area contributed by atoms with Gasteiger partial charge in [-0.1, -0.05) is 11.6 Å². The van der Waals surface area contributed by atoms with Gasteiger partial charge >= 0.3 is 6.03 Å². The van der Waals surface area contributed by atoms with Crippen molar-refractivity contribution in [3.05, 3.63) is 41.2 Å². The highest BCUT2D eigenvalue weighted by Gasteiger charge is 2.07. The molecule has 0 atom stereocenters. The first kappa shape index (κ1) is 13.3. The van der Waals surface area contributed by atoms with E-state index in [9.17, 15) is 9.18 Å². The van der Waals surface area contributed by atoms with Crippen LogP contribution in [0.25, 0.3) is 0 Å². The molecule has 8 heteroatoms. The maximum atomic E-state index is 12.8. The Hall–Kier alpha value is -2.15. The molecule has 2 rings (SSSR count). The molecule has 0 fully saturated rings. The number of anilines is 1. The topological polar surface area (TPSA) is 71.8 Å². The minimum atomic E-state index is -0.463. The molecule has 0 aliphatic rings. The van der Waals surface area contributed by atoms with Crippen molar-refractivity contribution in [3.63, 3.8) is 0 Å². The quantitative estimate of drug-likeness (QED) is 0.904. The second-order valence-electron chi connectivity index (χ2n) is 3.79. The van der Waals surface area contributed by atoms with Crippen molar-refractivity contribution in [2.45, 2.75) is 6.54 Å². The lowest BCUT2D eigenvalue weighted by atomic mass is 10.3. The number of halogens is 2. The van der Waals surface area contributed by atoms with Crippen LogP contribution in [0.5, 0.6) is 0 Å². The Labute approximate surface area is 113 Å². The zero-order valence-electron chi connectivity index (χ0n) is 10.0. The summed E-state index contributed by atoms with van der Waals surface area (Å²) in [6.07, 6.45) is 1.53. The number of rotatable bonds is 3. The highest BCUT2D eigenvalue weighted by Crippen LogP contribution is 2.22. The molecule has 0 aliphatic carbocycles. The molecular weight excluding hydrogens is 273 g/mol. The molecule has 2 aromatic rings. The van der Waals surface area contributed by atoms with E-state index in [1.165, 1.54) is 18.5 Å². The Morgan fingerprint density at radius 1 is 1.53 bits per heavy atom. The lowest BCUT2D eigenvalue weighted by Gasteiger charge is -2.08. The Bertz CT molecular complexity index is 601. The average molecular weight is 284 g/mol. The summed E-state index contributed by atoms with van der Waals surface area (Å²) in [7, 11) is 1.77. The van der Waals surface area contributed by atoms with Crippen molar-refractivity contribution in [1.82, 2.24) is 20.1 Å². The van der Waals surface area contributed by atoms with Gasteiger partial charge in [-0.05, 0) is 18.2 Å². The van der Waals surface area contributed by atoms with E-state index < -0.39 is 11.8 Å². The minimum absolute atomic E-state index is 0.133. The summed E-state index contributed by atoms with van der Waals surface area (Å²) in [6, 6.07) is 3.26. The summed E-state index contributed by atoms with van der Waals surface area (Å²) in [4.78, 5) is 11.6. The van der Waals surface area contributed by atoms with E-state index in [0.29, 0.717) is 11.5 Å². The maximum Gasteiger partial charge on any atom is 0.319 e. The second kappa shape index (κ2) is 5.66. The van der Waals surface area contributed by atoms with E-state index in [0.717, 1.165) is 6.07 Å². The Balaban J connectivity index is 1.93. The van der Waals surface area contributed by atoms with Crippen LogP contribution in [0.15, 0.2) is 24.5 Å². The van der Waals surface area contributed by atoms with Gasteiger partial charge in [-0.3, -0.25) is 0 Å². The van der Waals surface area contributed by atoms with E-state index in [-0.39, 0.29) is 11.6 Å². The Morgan fingerprint density at radius 3 is 2.95 bits per heavy atom. The molecule has 6 nitrogen and oxygen atoms in total. The van der Waals surface area contributed by atoms with Crippen LogP contribution < -0.4 is 10.6 Å². The predicted molar refractivity (Wildman–Crippen MR) is 68.3 cm³/mol. The molecule has 1 heterocycles. The van der Waals surface area contributed by atoms with Crippen molar-refractivity contribution in [2.24, 2.45) is 7.05 Å². The van der Waals surface area contributed by atoms with Crippen LogP contribution >= 0.6 is 11.6 Å². The van der Waals surface area contributed by atoms with E-state index in [2.05, 4.69) is 20.8 Å². The minimum Gasteiger partial charge on any atom is -0.331 e. The van der Waals surface area contributed by atoms with E-state index in [4.69, 9.17) is 11.6 Å². The summed E-state index contributed by atoms with van der Waals surface area (Å²) >= 11 is 5.79. The Kier molecular flexibility index (Phi) is 3.96. The van der Waals surface area contributed by atoms with Crippen molar-refractivity contribution < 1.29 is 9.18 Å². The first-order valence-electron chi connectivity index (χ1n) is 5.39. The molecule has 2 N–H and O–H groups in total. The fraction of sp³-hybridized carbons (Fsp3) is 0.182. The molecule has 2 amide bonds. The number of amides is 2. The number of benzene rings is 1. The third kappa shape index (κ3) is 3.41. The molecule has 1 aromatic carbocycles. The second-order valence-corrected chi connectivity index (χ2v) is 4.20. The van der Waals surface area contributed by atoms with Crippen molar-refractivity contribution in [1.29, 1.82) is 0 Å². The third-order valence-electron chi connectivity index (χ3n) is 2.39. The van der Waals surface area contributed by atoms with Crippen LogP contribution in [0.1, 0.15) is 5.82 Å². The number of nitrogens with zero attached hydrogens (tertiary/aromatic N) is 3. The fourth-order valence-electron chi connectivity index (χ4n) is 1.38. The van der Waals surface area contributed by atoms with Crippen LogP contribution in [-0.4, -0.2) is 20.8 Å². The van der Waals surface area contributed by atoms with Gasteiger partial charge < -0.3 is 15.2 Å². The smallest absolute Gasteiger partial charge is 0.319 e. The fourth-order valence-corrected chi connectivity index (χ4v) is 1.60. The van der Waals surface area contributed by atoms with Gasteiger partial charge in [0.15, 0.2) is 5.82 Å². The summed E-state index contributed by atoms with van der Waals surface area (Å²) in [5.41, 5.74) is 0.332. The lowest BCUT2D eigenvalue weighted by molar-refractivity contribution is 0.251. The van der Waals surface area contributed by atoms with E-state index in [1.54, 1.807) is 11.6 Å². The van der Waals surface area contributed by atoms with Crippen molar-refractivity contribution in [2.75, 3.05) is 5.32 Å². The summed E-state index contributed by atoms with van der Waals surface area (Å²) in [5, 5.41) is 12.7. The summed E-state index contributed by atoms with van der Waals surface area (Å²) < 4.78 is 14.5. The molecule has 0 saturated heterocycles. The van der Waals surface area contributed by atoms with Crippen molar-refractivity contribution in [3.8, 4) is 0 Å². The molecule has 19 heavy (non-hydrogen) atoms. The average Bonchev–Trinajstić information content (AvgIpc) is 2.76. The van der Waals surface area contributed by atoms with Gasteiger partial charge in [0.25, 0.3) is 0 Å². The number of urea groups is 1. The van der Waals surface area contributed by atoms with Crippen LogP contribution in [0, 0.1) is 5.82 Å². The molecule has 0 unspecified atom stereocenters. The number of aryl methyl sites for hydroxylation is 1. The monoisotopic (exact) mass is 283 g/mol. The summed E-state index contributed by atoms with van der Waals surface area (Å²) in [6.45, 7) is 0.223. The number of nitrogens with one attached hydrogen (secondary N) is 2. The third-order valence-corrected chi connectivity index (χ3v) is 2.70. The SMILES string of the molecule is Cn1cnnc1CNC(=O)Nc1ccc(F)cc1Cl. The predicted octanol–water partition coefficient (Wildman–Crippen LogP) is 1.93. The van der Waals surface area contributed by atoms with Crippen LogP contribution in [-0.2, 0) is 13.6 Å². The maximum absolute atomic E-state index is 12.8. The van der Waals surface area contributed by atoms with Crippen LogP contribution in [0.2, 0.25) is 5.02 Å². The molecule has 100 valence electrons. The first-order valence-corrected chi connectivity index (χ1v) is 5.77. The first-order chi connectivity index (χ1) is 9.06. The molecular formula is C11H11ClFN5O. The van der Waals surface area contributed by atoms with Crippen molar-refractivity contribution >= 4 is 23.3 Å². The molecule has 0 spiro atoms. The van der Waals surface area contributed by atoms with Gasteiger partial charge in [-0.2, -0.15) is 0 Å². The molecule has 0 radical (unpaired) electrons. The van der Waals surface area contributed by atoms with E-state index >= 15 is 0 Å². The van der Waals surface area contributed by atoms with Gasteiger partial charge in [0.1, 0.15) is 12.1 Å². The number of carbonyl (C=O) groups excluding carboxylic acids is 1. The highest BCUT2D eigenvalue weighted by atomic mass is 35.5. The standard InChI is InChI=1S/C11H11ClFN5O/c1-18-6-15-17-10(18)5-14-11(19)16-9-3-2-7(13)4-8(9)12/h2-4,6H,5H2,1H3,(H2,14,16,19). The van der Waals surface area contributed by atoms with E-state index in [1.807, 2.05) is 0 Å². The summed E-state index contributed by atoms with van der Waals surface area (Å²) in [5.74, 6) is 0.149. The highest BCUT2D eigenvalue weighted by molar-refractivity contribution is 6.33. The van der Waals surface area contributed by atoms with Gasteiger partial charge in [-0.15, -0.1) is 10.2 Å². The largest absolute Gasteiger partial charge is 0.331 e. The molecule has 0 bridgehead atoms. The zero-order chi connectivity index (χ0) is 13.8. The number of hydrogen-bond donors (Lipinski definition) is 2. The van der Waals surface area contributed by atoms with Gasteiger partial charge in [-0.25, -0.2) is 9.18 Å². The molecule has 0 aliphatic heterocycles. The van der Waals surface area contributed by atoms with Gasteiger partial charge in [0, 0.05) is 7.05 Å². The number of carbonyl (C=O) groups is 1. The molecule has 0 saturated carbocycles. The zero-order valence-corrected chi connectivity index (χ0v) is 10.8. The lowest BCUT2D eigenvalue weighted by Crippen LogP contribution is -2.29. The van der Waals surface area contributed by atoms with Crippen LogP contribution in [0.4, 0.5) is 14.9 Å². The normalized spacial score (nSPS) is 10.3. The Morgan fingerprint density at radius 2 is 2.32 bits per heavy atom. The van der Waals surface area contributed by atoms with Gasteiger partial charge in [0.2, 0.25) is 0 Å². The molecule has 1 aromatic heterocycles. The number of aromatic nitrogens is 3.